The Kier molecular flexibility index (Phi) is 2.11. The number of nitrogens with one attached hydrogen (secondary N) is 1. The molecule has 1 heterocycles. The van der Waals surface area contributed by atoms with E-state index in [0.717, 1.165) is 10.9 Å². The van der Waals surface area contributed by atoms with Gasteiger partial charge in [-0.25, -0.2) is 4.39 Å². The molecule has 3 heteroatoms. The van der Waals surface area contributed by atoms with E-state index in [1.807, 2.05) is 13.0 Å². The predicted octanol–water partition coefficient (Wildman–Crippen LogP) is 3.13. The van der Waals surface area contributed by atoms with Gasteiger partial charge in [0.1, 0.15) is 5.82 Å². The molecule has 1 N–H and O–H groups in total. The third-order valence-corrected chi connectivity index (χ3v) is 2.72. The van der Waals surface area contributed by atoms with E-state index in [0.29, 0.717) is 16.8 Å². The number of ketones is 1. The van der Waals surface area contributed by atoms with Crippen LogP contribution in [0.1, 0.15) is 28.5 Å². The van der Waals surface area contributed by atoms with E-state index in [-0.39, 0.29) is 11.6 Å². The summed E-state index contributed by atoms with van der Waals surface area (Å²) in [5, 5.41) is 0.781. The topological polar surface area (TPSA) is 32.9 Å². The number of aromatic nitrogens is 1. The molecule has 15 heavy (non-hydrogen) atoms. The smallest absolute Gasteiger partial charge is 0.176 e. The van der Waals surface area contributed by atoms with Gasteiger partial charge >= 0.3 is 0 Å². The molecule has 0 bridgehead atoms. The van der Waals surface area contributed by atoms with Crippen LogP contribution in [-0.4, -0.2) is 10.8 Å². The maximum atomic E-state index is 13.7. The fourth-order valence-electron chi connectivity index (χ4n) is 1.82. The van der Waals surface area contributed by atoms with E-state index in [4.69, 9.17) is 0 Å². The molecule has 0 unspecified atom stereocenters. The first-order valence-corrected chi connectivity index (χ1v) is 4.80. The summed E-state index contributed by atoms with van der Waals surface area (Å²) in [7, 11) is 0. The zero-order valence-corrected chi connectivity index (χ0v) is 8.94. The fourth-order valence-corrected chi connectivity index (χ4v) is 1.82. The van der Waals surface area contributed by atoms with Gasteiger partial charge in [-0.3, -0.25) is 4.79 Å². The molecule has 1 aromatic carbocycles. The van der Waals surface area contributed by atoms with Gasteiger partial charge in [0, 0.05) is 12.3 Å². The second kappa shape index (κ2) is 3.19. The summed E-state index contributed by atoms with van der Waals surface area (Å²) >= 11 is 0. The van der Waals surface area contributed by atoms with Crippen molar-refractivity contribution in [3.63, 3.8) is 0 Å². The molecule has 0 saturated heterocycles. The third-order valence-electron chi connectivity index (χ3n) is 2.72. The lowest BCUT2D eigenvalue weighted by atomic mass is 10.1. The summed E-state index contributed by atoms with van der Waals surface area (Å²) in [4.78, 5) is 14.1. The van der Waals surface area contributed by atoms with Crippen molar-refractivity contribution >= 4 is 16.7 Å². The summed E-state index contributed by atoms with van der Waals surface area (Å²) in [6.07, 6.45) is 0. The van der Waals surface area contributed by atoms with Gasteiger partial charge in [0.25, 0.3) is 0 Å². The van der Waals surface area contributed by atoms with Crippen molar-refractivity contribution in [3.8, 4) is 0 Å². The Bertz CT molecular complexity index is 554. The van der Waals surface area contributed by atoms with Crippen LogP contribution in [0.5, 0.6) is 0 Å². The maximum Gasteiger partial charge on any atom is 0.176 e. The standard InChI is InChI=1S/C12H12FNO/c1-6-4-5-9-7(2)11(8(3)15)14-12(9)10(6)13/h4-5,14H,1-3H3. The zero-order chi connectivity index (χ0) is 11.2. The Hall–Kier alpha value is -1.64. The number of hydrogen-bond acceptors (Lipinski definition) is 1. The van der Waals surface area contributed by atoms with Crippen LogP contribution in [0.15, 0.2) is 12.1 Å². The van der Waals surface area contributed by atoms with Gasteiger partial charge in [-0.1, -0.05) is 12.1 Å². The average molecular weight is 205 g/mol. The Morgan fingerprint density at radius 1 is 1.33 bits per heavy atom. The largest absolute Gasteiger partial charge is 0.349 e. The second-order valence-electron chi connectivity index (χ2n) is 3.80. The monoisotopic (exact) mass is 205 g/mol. The summed E-state index contributed by atoms with van der Waals surface area (Å²) in [5.41, 5.74) is 2.32. The number of H-pyrrole nitrogens is 1. The quantitative estimate of drug-likeness (QED) is 0.713. The first-order valence-electron chi connectivity index (χ1n) is 4.80. The highest BCUT2D eigenvalue weighted by Crippen LogP contribution is 2.25. The molecule has 0 aliphatic carbocycles. The van der Waals surface area contributed by atoms with Gasteiger partial charge in [-0.15, -0.1) is 0 Å². The second-order valence-corrected chi connectivity index (χ2v) is 3.80. The molecule has 0 aliphatic rings. The molecule has 0 fully saturated rings. The van der Waals surface area contributed by atoms with Crippen molar-refractivity contribution in [2.24, 2.45) is 0 Å². The molecule has 0 aliphatic heterocycles. The number of fused-ring (bicyclic) bond motifs is 1. The predicted molar refractivity (Wildman–Crippen MR) is 57.7 cm³/mol. The van der Waals surface area contributed by atoms with Crippen LogP contribution in [-0.2, 0) is 0 Å². The summed E-state index contributed by atoms with van der Waals surface area (Å²) in [6.45, 7) is 5.01. The number of rotatable bonds is 1. The molecular formula is C12H12FNO. The maximum absolute atomic E-state index is 13.7. The van der Waals surface area contributed by atoms with Crippen LogP contribution in [0, 0.1) is 19.7 Å². The van der Waals surface area contributed by atoms with Crippen molar-refractivity contribution < 1.29 is 9.18 Å². The number of hydrogen-bond donors (Lipinski definition) is 1. The van der Waals surface area contributed by atoms with Crippen LogP contribution in [0.3, 0.4) is 0 Å². The van der Waals surface area contributed by atoms with E-state index in [2.05, 4.69) is 4.98 Å². The molecule has 0 atom stereocenters. The first kappa shape index (κ1) is 9.90. The lowest BCUT2D eigenvalue weighted by Gasteiger charge is -1.97. The van der Waals surface area contributed by atoms with Crippen LogP contribution >= 0.6 is 0 Å². The Balaban J connectivity index is 2.88. The molecule has 0 radical (unpaired) electrons. The van der Waals surface area contributed by atoms with Crippen molar-refractivity contribution in [2.75, 3.05) is 0 Å². The summed E-state index contributed by atoms with van der Waals surface area (Å²) in [5.74, 6) is -0.344. The summed E-state index contributed by atoms with van der Waals surface area (Å²) < 4.78 is 13.7. The van der Waals surface area contributed by atoms with Gasteiger partial charge in [0.05, 0.1) is 11.2 Å². The number of carbonyl (C=O) groups excluding carboxylic acids is 1. The number of Topliss-reactive ketones (excluding diaryl/α,β-unsaturated/α-hetero) is 1. The average Bonchev–Trinajstić information content (AvgIpc) is 2.51. The fraction of sp³-hybridized carbons (Fsp3) is 0.250. The minimum absolute atomic E-state index is 0.0687. The van der Waals surface area contributed by atoms with E-state index in [9.17, 15) is 9.18 Å². The molecule has 0 spiro atoms. The zero-order valence-electron chi connectivity index (χ0n) is 8.94. The first-order chi connectivity index (χ1) is 7.02. The molecule has 2 aromatic rings. The highest BCUT2D eigenvalue weighted by atomic mass is 19.1. The number of aromatic amines is 1. The SMILES string of the molecule is CC(=O)c1[nH]c2c(F)c(C)ccc2c1C. The Morgan fingerprint density at radius 2 is 2.00 bits per heavy atom. The third kappa shape index (κ3) is 1.35. The van der Waals surface area contributed by atoms with Crippen LogP contribution in [0.2, 0.25) is 0 Å². The molecule has 2 rings (SSSR count). The highest BCUT2D eigenvalue weighted by Gasteiger charge is 2.14. The normalized spacial score (nSPS) is 10.9. The molecular weight excluding hydrogens is 193 g/mol. The lowest BCUT2D eigenvalue weighted by Crippen LogP contribution is -1.94. The highest BCUT2D eigenvalue weighted by molar-refractivity contribution is 6.01. The van der Waals surface area contributed by atoms with E-state index in [1.165, 1.54) is 6.92 Å². The minimum atomic E-state index is -0.275. The molecule has 0 amide bonds. The Labute approximate surface area is 87.1 Å². The van der Waals surface area contributed by atoms with E-state index < -0.39 is 0 Å². The minimum Gasteiger partial charge on any atom is -0.349 e. The molecule has 0 saturated carbocycles. The Morgan fingerprint density at radius 3 is 2.60 bits per heavy atom. The van der Waals surface area contributed by atoms with Gasteiger partial charge in [-0.2, -0.15) is 0 Å². The number of carbonyl (C=O) groups is 1. The number of benzene rings is 1. The van der Waals surface area contributed by atoms with Crippen LogP contribution < -0.4 is 0 Å². The number of aryl methyl sites for hydroxylation is 2. The van der Waals surface area contributed by atoms with Crippen molar-refractivity contribution in [2.45, 2.75) is 20.8 Å². The van der Waals surface area contributed by atoms with Gasteiger partial charge in [-0.05, 0) is 25.0 Å². The summed E-state index contributed by atoms with van der Waals surface area (Å²) in [6, 6.07) is 3.56. The molecule has 78 valence electrons. The number of halogens is 1. The lowest BCUT2D eigenvalue weighted by molar-refractivity contribution is 0.101. The van der Waals surface area contributed by atoms with Gasteiger partial charge in [0.15, 0.2) is 5.78 Å². The van der Waals surface area contributed by atoms with Gasteiger partial charge in [0.2, 0.25) is 0 Å². The van der Waals surface area contributed by atoms with E-state index in [1.54, 1.807) is 13.0 Å². The molecule has 2 nitrogen and oxygen atoms in total. The molecule has 1 aromatic heterocycles. The van der Waals surface area contributed by atoms with Crippen molar-refractivity contribution in [1.29, 1.82) is 0 Å². The van der Waals surface area contributed by atoms with Gasteiger partial charge < -0.3 is 4.98 Å². The van der Waals surface area contributed by atoms with Crippen molar-refractivity contribution in [3.05, 3.63) is 34.8 Å². The van der Waals surface area contributed by atoms with E-state index >= 15 is 0 Å². The van der Waals surface area contributed by atoms with Crippen LogP contribution in [0.25, 0.3) is 10.9 Å². The van der Waals surface area contributed by atoms with Crippen LogP contribution in [0.4, 0.5) is 4.39 Å². The van der Waals surface area contributed by atoms with Crippen molar-refractivity contribution in [1.82, 2.24) is 4.98 Å².